The Morgan fingerprint density at radius 3 is 0.839 bits per heavy atom. The van der Waals surface area contributed by atoms with Crippen molar-refractivity contribution in [2.45, 2.75) is 0 Å². The SMILES string of the molecule is c1ccc(-c2ccc3sc4c(-c5ccccc5-c5ccccc5-c5cc(-c6ccccc6)cc6c5sc5ccc(-c7ccccc7)cc56)cc(-c5ccccc5)cc4c3c2)cc1. The number of benzene rings is 10. The second kappa shape index (κ2) is 15.3. The van der Waals surface area contributed by atoms with Crippen LogP contribution in [0.2, 0.25) is 0 Å². The summed E-state index contributed by atoms with van der Waals surface area (Å²) in [6.07, 6.45) is 0. The summed E-state index contributed by atoms with van der Waals surface area (Å²) in [5.74, 6) is 0. The normalized spacial score (nSPS) is 11.5. The Labute approximate surface area is 369 Å². The van der Waals surface area contributed by atoms with E-state index in [1.165, 1.54) is 118 Å². The first-order valence-electron chi connectivity index (χ1n) is 21.1. The molecule has 0 amide bonds. The van der Waals surface area contributed by atoms with Crippen molar-refractivity contribution in [1.29, 1.82) is 0 Å². The first-order chi connectivity index (χ1) is 30.7. The highest BCUT2D eigenvalue weighted by molar-refractivity contribution is 7.26. The zero-order valence-corrected chi connectivity index (χ0v) is 35.4. The first kappa shape index (κ1) is 36.5. The Balaban J connectivity index is 1.10. The van der Waals surface area contributed by atoms with E-state index in [2.05, 4.69) is 231 Å². The molecule has 0 aliphatic heterocycles. The molecule has 0 aliphatic carbocycles. The van der Waals surface area contributed by atoms with Crippen LogP contribution in [0.15, 0.2) is 231 Å². The predicted molar refractivity (Wildman–Crippen MR) is 270 cm³/mol. The molecule has 2 heterocycles. The van der Waals surface area contributed by atoms with Crippen LogP contribution < -0.4 is 0 Å². The van der Waals surface area contributed by atoms with Crippen LogP contribution in [-0.4, -0.2) is 0 Å². The molecule has 62 heavy (non-hydrogen) atoms. The van der Waals surface area contributed by atoms with E-state index in [0.717, 1.165) is 0 Å². The summed E-state index contributed by atoms with van der Waals surface area (Å²) in [6.45, 7) is 0. The summed E-state index contributed by atoms with van der Waals surface area (Å²) < 4.78 is 5.21. The van der Waals surface area contributed by atoms with Crippen LogP contribution in [-0.2, 0) is 0 Å². The molecule has 0 N–H and O–H groups in total. The van der Waals surface area contributed by atoms with Gasteiger partial charge in [0.15, 0.2) is 0 Å². The van der Waals surface area contributed by atoms with Crippen molar-refractivity contribution in [2.24, 2.45) is 0 Å². The predicted octanol–water partition coefficient (Wildman–Crippen LogP) is 18.1. The van der Waals surface area contributed by atoms with Crippen LogP contribution in [0, 0.1) is 0 Å². The van der Waals surface area contributed by atoms with Crippen LogP contribution in [0.4, 0.5) is 0 Å². The molecule has 12 rings (SSSR count). The third-order valence-electron chi connectivity index (χ3n) is 12.3. The van der Waals surface area contributed by atoms with Gasteiger partial charge in [0.05, 0.1) is 0 Å². The highest BCUT2D eigenvalue weighted by atomic mass is 32.1. The van der Waals surface area contributed by atoms with Crippen LogP contribution in [0.25, 0.3) is 118 Å². The zero-order chi connectivity index (χ0) is 41.0. The molecular weight excluding hydrogens is 785 g/mol. The average Bonchev–Trinajstić information content (AvgIpc) is 3.92. The molecule has 0 saturated carbocycles. The van der Waals surface area contributed by atoms with Crippen molar-refractivity contribution in [3.63, 3.8) is 0 Å². The monoisotopic (exact) mass is 822 g/mol. The van der Waals surface area contributed by atoms with E-state index < -0.39 is 0 Å². The van der Waals surface area contributed by atoms with Crippen LogP contribution in [0.3, 0.4) is 0 Å². The maximum atomic E-state index is 2.43. The number of hydrogen-bond acceptors (Lipinski definition) is 2. The fourth-order valence-electron chi connectivity index (χ4n) is 9.28. The van der Waals surface area contributed by atoms with Crippen molar-refractivity contribution in [3.05, 3.63) is 231 Å². The Kier molecular flexibility index (Phi) is 8.99. The Hall–Kier alpha value is -7.36. The molecule has 290 valence electrons. The number of fused-ring (bicyclic) bond motifs is 6. The lowest BCUT2D eigenvalue weighted by Gasteiger charge is -2.17. The van der Waals surface area contributed by atoms with Crippen LogP contribution >= 0.6 is 22.7 Å². The minimum Gasteiger partial charge on any atom is -0.135 e. The standard InChI is InChI=1S/C60H38S2/c1-5-17-39(18-6-1)43-29-31-57-51(33-43)55-37-45(41-21-9-3-10-22-41)35-53(59(55)61-57)49-27-15-13-25-47(49)48-26-14-16-28-50(48)54-36-46(42-23-11-4-12-24-42)38-56-52-34-44(40-19-7-2-8-20-40)30-32-58(52)62-60(54)56/h1-38H. The van der Waals surface area contributed by atoms with E-state index in [1.54, 1.807) is 0 Å². The molecule has 0 bridgehead atoms. The largest absolute Gasteiger partial charge is 0.135 e. The third kappa shape index (κ3) is 6.35. The van der Waals surface area contributed by atoms with E-state index in [9.17, 15) is 0 Å². The molecular formula is C60H38S2. The third-order valence-corrected chi connectivity index (χ3v) is 14.7. The van der Waals surface area contributed by atoms with Gasteiger partial charge < -0.3 is 0 Å². The van der Waals surface area contributed by atoms with Crippen LogP contribution in [0.1, 0.15) is 0 Å². The summed E-state index contributed by atoms with van der Waals surface area (Å²) in [7, 11) is 0. The molecule has 0 unspecified atom stereocenters. The topological polar surface area (TPSA) is 0 Å². The summed E-state index contributed by atoms with van der Waals surface area (Å²) >= 11 is 3.80. The highest BCUT2D eigenvalue weighted by Gasteiger charge is 2.21. The maximum absolute atomic E-state index is 2.43. The van der Waals surface area contributed by atoms with Gasteiger partial charge in [-0.25, -0.2) is 0 Å². The molecule has 0 saturated heterocycles. The second-order valence-corrected chi connectivity index (χ2v) is 18.1. The Morgan fingerprint density at radius 2 is 0.484 bits per heavy atom. The maximum Gasteiger partial charge on any atom is 0.0434 e. The minimum absolute atomic E-state index is 1.22. The Bertz CT molecular complexity index is 3360. The minimum atomic E-state index is 1.22. The molecule has 0 fully saturated rings. The molecule has 2 aromatic heterocycles. The zero-order valence-electron chi connectivity index (χ0n) is 33.8. The van der Waals surface area contributed by atoms with Crippen molar-refractivity contribution < 1.29 is 0 Å². The smallest absolute Gasteiger partial charge is 0.0434 e. The molecule has 0 atom stereocenters. The summed E-state index contributed by atoms with van der Waals surface area (Å²) in [6, 6.07) is 84.9. The summed E-state index contributed by atoms with van der Waals surface area (Å²) in [5, 5.41) is 5.17. The highest BCUT2D eigenvalue weighted by Crippen LogP contribution is 2.49. The molecule has 2 heteroatoms. The van der Waals surface area contributed by atoms with Crippen molar-refractivity contribution in [3.8, 4) is 77.9 Å². The van der Waals surface area contributed by atoms with Gasteiger partial charge in [-0.2, -0.15) is 0 Å². The van der Waals surface area contributed by atoms with Crippen molar-refractivity contribution >= 4 is 63.0 Å². The van der Waals surface area contributed by atoms with Gasteiger partial charge in [-0.05, 0) is 115 Å². The number of thiophene rings is 2. The van der Waals surface area contributed by atoms with Gasteiger partial charge >= 0.3 is 0 Å². The average molecular weight is 823 g/mol. The molecule has 0 radical (unpaired) electrons. The van der Waals surface area contributed by atoms with Gasteiger partial charge in [0.25, 0.3) is 0 Å². The lowest BCUT2D eigenvalue weighted by molar-refractivity contribution is 1.58. The van der Waals surface area contributed by atoms with E-state index >= 15 is 0 Å². The molecule has 0 spiro atoms. The van der Waals surface area contributed by atoms with Gasteiger partial charge in [0.2, 0.25) is 0 Å². The molecule has 0 nitrogen and oxygen atoms in total. The van der Waals surface area contributed by atoms with Crippen molar-refractivity contribution in [1.82, 2.24) is 0 Å². The van der Waals surface area contributed by atoms with E-state index in [0.29, 0.717) is 0 Å². The molecule has 0 aliphatic rings. The molecule has 12 aromatic rings. The second-order valence-electron chi connectivity index (χ2n) is 16.0. The first-order valence-corrected chi connectivity index (χ1v) is 22.8. The lowest BCUT2D eigenvalue weighted by atomic mass is 9.87. The number of hydrogen-bond donors (Lipinski definition) is 0. The Morgan fingerprint density at radius 1 is 0.194 bits per heavy atom. The van der Waals surface area contributed by atoms with E-state index in [1.807, 2.05) is 22.7 Å². The van der Waals surface area contributed by atoms with E-state index in [-0.39, 0.29) is 0 Å². The summed E-state index contributed by atoms with van der Waals surface area (Å²) in [5.41, 5.74) is 17.2. The van der Waals surface area contributed by atoms with Gasteiger partial charge in [-0.15, -0.1) is 22.7 Å². The summed E-state index contributed by atoms with van der Waals surface area (Å²) in [4.78, 5) is 0. The fourth-order valence-corrected chi connectivity index (χ4v) is 11.7. The molecule has 10 aromatic carbocycles. The van der Waals surface area contributed by atoms with Gasteiger partial charge in [0, 0.05) is 51.5 Å². The van der Waals surface area contributed by atoms with Gasteiger partial charge in [-0.1, -0.05) is 182 Å². The lowest BCUT2D eigenvalue weighted by Crippen LogP contribution is -1.91. The van der Waals surface area contributed by atoms with E-state index in [4.69, 9.17) is 0 Å². The number of rotatable bonds is 7. The fraction of sp³-hybridized carbons (Fsp3) is 0. The quantitative estimate of drug-likeness (QED) is 0.150. The van der Waals surface area contributed by atoms with Gasteiger partial charge in [0.1, 0.15) is 0 Å². The van der Waals surface area contributed by atoms with Crippen LogP contribution in [0.5, 0.6) is 0 Å². The van der Waals surface area contributed by atoms with Crippen molar-refractivity contribution in [2.75, 3.05) is 0 Å². The van der Waals surface area contributed by atoms with Gasteiger partial charge in [-0.3, -0.25) is 0 Å².